The van der Waals surface area contributed by atoms with E-state index in [0.717, 1.165) is 30.8 Å². The molecule has 262 valence electrons. The Hall–Kier alpha value is -1.25. The Labute approximate surface area is 292 Å². The fourth-order valence-electron chi connectivity index (χ4n) is 3.21. The molecule has 0 spiro atoms. The topological polar surface area (TPSA) is 82.1 Å². The zero-order chi connectivity index (χ0) is 35.5. The SMILES string of the molecule is CCN(CC)CC.C[Si](C)(C)OC1=CCC=C1.C[Si](C)(C)OS(=O)(=O)C(F)(F)F.C[Si](C)(C)Oc1cc[cH-]c1.O=C1C=CCC1.[Li+]. The van der Waals surface area contributed by atoms with Crippen molar-refractivity contribution in [3.63, 3.8) is 0 Å². The predicted molar refractivity (Wildman–Crippen MR) is 189 cm³/mol. The minimum Gasteiger partial charge on any atom is -0.612 e. The first kappa shape index (κ1) is 49.1. The number of ketones is 1. The number of carbonyl (C=O) groups is 1. The summed E-state index contributed by atoms with van der Waals surface area (Å²) >= 11 is 0. The van der Waals surface area contributed by atoms with Crippen LogP contribution in [0.5, 0.6) is 5.75 Å². The zero-order valence-corrected chi connectivity index (χ0v) is 34.2. The Morgan fingerprint density at radius 3 is 1.59 bits per heavy atom. The summed E-state index contributed by atoms with van der Waals surface area (Å²) in [6.07, 6.45) is 12.6. The first-order valence-corrected chi connectivity index (χ1v) is 26.9. The van der Waals surface area contributed by atoms with Crippen molar-refractivity contribution in [2.24, 2.45) is 0 Å². The third kappa shape index (κ3) is 28.9. The van der Waals surface area contributed by atoms with E-state index in [4.69, 9.17) is 8.85 Å². The van der Waals surface area contributed by atoms with Gasteiger partial charge in [-0.15, -0.1) is 6.07 Å². The van der Waals surface area contributed by atoms with Crippen LogP contribution in [0.2, 0.25) is 58.9 Å². The Morgan fingerprint density at radius 2 is 1.37 bits per heavy atom. The Kier molecular flexibility index (Phi) is 24.7. The van der Waals surface area contributed by atoms with Gasteiger partial charge in [0.15, 0.2) is 5.78 Å². The van der Waals surface area contributed by atoms with Gasteiger partial charge in [0.2, 0.25) is 25.0 Å². The molecule has 0 saturated heterocycles. The van der Waals surface area contributed by atoms with Crippen LogP contribution in [-0.4, -0.2) is 69.2 Å². The Bertz CT molecular complexity index is 1140. The van der Waals surface area contributed by atoms with E-state index in [0.29, 0.717) is 0 Å². The van der Waals surface area contributed by atoms with E-state index in [2.05, 4.69) is 87.1 Å². The molecule has 0 heterocycles. The summed E-state index contributed by atoms with van der Waals surface area (Å²) < 4.78 is 71.1. The third-order valence-corrected chi connectivity index (χ3v) is 10.2. The largest absolute Gasteiger partial charge is 1.00 e. The van der Waals surface area contributed by atoms with Gasteiger partial charge >= 0.3 is 34.5 Å². The Morgan fingerprint density at radius 1 is 0.848 bits per heavy atom. The van der Waals surface area contributed by atoms with Gasteiger partial charge in [0, 0.05) is 6.42 Å². The normalized spacial score (nSPS) is 14.3. The predicted octanol–water partition coefficient (Wildman–Crippen LogP) is 6.25. The molecule has 0 radical (unpaired) electrons. The van der Waals surface area contributed by atoms with E-state index in [1.165, 1.54) is 39.3 Å². The van der Waals surface area contributed by atoms with Crippen molar-refractivity contribution in [3.05, 3.63) is 60.4 Å². The van der Waals surface area contributed by atoms with Crippen molar-refractivity contribution >= 4 is 40.9 Å². The summed E-state index contributed by atoms with van der Waals surface area (Å²) in [5.74, 6) is 2.35. The second-order valence-electron chi connectivity index (χ2n) is 12.9. The molecule has 3 rings (SSSR count). The van der Waals surface area contributed by atoms with Crippen molar-refractivity contribution in [1.82, 2.24) is 4.90 Å². The fraction of sp³-hybridized carbons (Fsp3) is 0.613. The van der Waals surface area contributed by atoms with Crippen LogP contribution in [0.1, 0.15) is 40.0 Å². The molecule has 0 unspecified atom stereocenters. The van der Waals surface area contributed by atoms with Gasteiger partial charge in [-0.1, -0.05) is 38.7 Å². The molecule has 1 aromatic rings. The quantitative estimate of drug-likeness (QED) is 0.170. The van der Waals surface area contributed by atoms with Crippen LogP contribution in [0, 0.1) is 0 Å². The molecule has 2 aliphatic rings. The number of allylic oxidation sites excluding steroid dienone is 5. The molecular formula is C31H57F3LiNO6SSi3. The van der Waals surface area contributed by atoms with Crippen LogP contribution in [-0.2, 0) is 23.2 Å². The van der Waals surface area contributed by atoms with Crippen LogP contribution in [0.3, 0.4) is 0 Å². The smallest absolute Gasteiger partial charge is 0.612 e. The minimum absolute atomic E-state index is 0. The second-order valence-corrected chi connectivity index (χ2v) is 28.0. The zero-order valence-electron chi connectivity index (χ0n) is 30.4. The third-order valence-electron chi connectivity index (χ3n) is 5.06. The van der Waals surface area contributed by atoms with E-state index >= 15 is 0 Å². The van der Waals surface area contributed by atoms with Gasteiger partial charge in [-0.3, -0.25) is 4.79 Å². The molecule has 15 heteroatoms. The van der Waals surface area contributed by atoms with Crippen LogP contribution in [0.15, 0.2) is 60.4 Å². The average molecular weight is 720 g/mol. The number of halogens is 3. The maximum absolute atomic E-state index is 11.7. The van der Waals surface area contributed by atoms with Crippen molar-refractivity contribution in [3.8, 4) is 5.75 Å². The van der Waals surface area contributed by atoms with E-state index in [9.17, 15) is 26.4 Å². The van der Waals surface area contributed by atoms with Crippen molar-refractivity contribution in [1.29, 1.82) is 0 Å². The molecule has 0 amide bonds. The van der Waals surface area contributed by atoms with Gasteiger partial charge in [-0.2, -0.15) is 39.8 Å². The number of hydrogen-bond donors (Lipinski definition) is 0. The molecule has 0 saturated carbocycles. The number of nitrogens with zero attached hydrogens (tertiary/aromatic N) is 1. The van der Waals surface area contributed by atoms with Gasteiger partial charge in [-0.05, 0) is 110 Å². The summed E-state index contributed by atoms with van der Waals surface area (Å²) in [6, 6.07) is 7.99. The van der Waals surface area contributed by atoms with Crippen molar-refractivity contribution in [2.45, 2.75) is 104 Å². The van der Waals surface area contributed by atoms with Crippen LogP contribution in [0.4, 0.5) is 13.2 Å². The van der Waals surface area contributed by atoms with Gasteiger partial charge in [0.1, 0.15) is 0 Å². The molecule has 46 heavy (non-hydrogen) atoms. The molecule has 0 fully saturated rings. The standard InChI is InChI=1S/C8H14OSi.C8H13OSi.C6H15N.C5H6O.C4H9F3O3SSi.Li/c2*1-10(2,3)9-8-6-4-5-7-8;1-4-7(5-2)6-3;6-5-3-1-2-4-5;1-12(2,3)10-11(8,9)4(5,6)7;/h4,6-7H,5H2,1-3H3;4-7H,1-3H3;4-6H2,1-3H3;1,3H,2,4H2;1-3H3;/q;-1;;;;+1. The number of alkyl halides is 3. The van der Waals surface area contributed by atoms with Crippen LogP contribution < -0.4 is 23.3 Å². The van der Waals surface area contributed by atoms with Crippen molar-refractivity contribution < 1.29 is 58.0 Å². The molecule has 0 aromatic heterocycles. The fourth-order valence-corrected chi connectivity index (χ4v) is 7.93. The molecule has 0 bridgehead atoms. The Balaban J connectivity index is -0.000000509. The summed E-state index contributed by atoms with van der Waals surface area (Å²) in [6.45, 7) is 27.3. The van der Waals surface area contributed by atoms with E-state index in [1.54, 1.807) is 6.08 Å². The van der Waals surface area contributed by atoms with E-state index < -0.39 is 40.6 Å². The minimum atomic E-state index is -5.39. The van der Waals surface area contributed by atoms with Gasteiger partial charge < -0.3 is 17.6 Å². The molecule has 0 aliphatic heterocycles. The van der Waals surface area contributed by atoms with E-state index in [1.807, 2.05) is 30.3 Å². The van der Waals surface area contributed by atoms with Gasteiger partial charge in [0.25, 0.3) is 0 Å². The van der Waals surface area contributed by atoms with Gasteiger partial charge in [0.05, 0.1) is 5.76 Å². The molecule has 1 aromatic carbocycles. The molecule has 0 N–H and O–H groups in total. The monoisotopic (exact) mass is 719 g/mol. The number of hydrogen-bond acceptors (Lipinski definition) is 7. The summed E-state index contributed by atoms with van der Waals surface area (Å²) in [7, 11) is -10.8. The molecule has 2 aliphatic carbocycles. The van der Waals surface area contributed by atoms with E-state index in [-0.39, 0.29) is 24.6 Å². The number of carbonyl (C=O) groups excluding carboxylic acids is 1. The maximum atomic E-state index is 11.7. The first-order chi connectivity index (χ1) is 20.4. The number of rotatable bonds is 9. The molecule has 0 atom stereocenters. The second kappa shape index (κ2) is 23.2. The summed E-state index contributed by atoms with van der Waals surface area (Å²) in [5, 5.41) is 0. The van der Waals surface area contributed by atoms with Crippen molar-refractivity contribution in [2.75, 3.05) is 19.6 Å². The molecule has 7 nitrogen and oxygen atoms in total. The maximum Gasteiger partial charge on any atom is 1.00 e. The molecular weight excluding hydrogens is 663 g/mol. The van der Waals surface area contributed by atoms with Gasteiger partial charge in [-0.25, -0.2) is 0 Å². The first-order valence-electron chi connectivity index (χ1n) is 15.3. The summed E-state index contributed by atoms with van der Waals surface area (Å²) in [4.78, 5) is 12.5. The summed E-state index contributed by atoms with van der Waals surface area (Å²) in [5.41, 5.74) is -5.31. The average Bonchev–Trinajstić information content (AvgIpc) is 3.63. The van der Waals surface area contributed by atoms with Crippen LogP contribution in [0.25, 0.3) is 0 Å². The van der Waals surface area contributed by atoms with Crippen LogP contribution >= 0.6 is 0 Å².